The molecule has 5 aromatic rings. The zero-order valence-corrected chi connectivity index (χ0v) is 47.6. The highest BCUT2D eigenvalue weighted by molar-refractivity contribution is 7.96. The molecule has 3 aromatic carbocycles. The Morgan fingerprint density at radius 3 is 2.33 bits per heavy atom. The monoisotopic (exact) mass is 1080 g/mol. The Labute approximate surface area is 459 Å². The van der Waals surface area contributed by atoms with Gasteiger partial charge in [-0.25, -0.2) is 14.3 Å². The van der Waals surface area contributed by atoms with E-state index in [0.717, 1.165) is 122 Å². The number of nitrogens with zero attached hydrogens (tertiary/aromatic N) is 6. The molecule has 0 aliphatic carbocycles. The van der Waals surface area contributed by atoms with Crippen molar-refractivity contribution in [3.63, 3.8) is 0 Å². The SMILES string of the molecule is C=CCCC(C(=O)NC)N(C)c1ccc(C2CCN(c3cc4nc(CSN5CCC(Nc6cccc(/C(C)=C(Cl)/C(OCC=O)=C(\C)C=O)c6)CC5(C)C)cnc4cn3)CC2)c2cccc(C=O)c12.CCC.CO.CO. The van der Waals surface area contributed by atoms with Crippen molar-refractivity contribution in [1.29, 1.82) is 0 Å². The summed E-state index contributed by atoms with van der Waals surface area (Å²) in [5.74, 6) is 1.99. The highest BCUT2D eigenvalue weighted by Crippen LogP contribution is 2.41. The Morgan fingerprint density at radius 1 is 0.974 bits per heavy atom. The Balaban J connectivity index is 0.00000170. The molecule has 2 saturated heterocycles. The van der Waals surface area contributed by atoms with Crippen LogP contribution < -0.4 is 20.4 Å². The molecule has 0 radical (unpaired) electrons. The van der Waals surface area contributed by atoms with Crippen LogP contribution in [0.3, 0.4) is 0 Å². The van der Waals surface area contributed by atoms with Crippen molar-refractivity contribution in [3.05, 3.63) is 124 Å². The molecule has 0 spiro atoms. The van der Waals surface area contributed by atoms with Gasteiger partial charge in [-0.05, 0) is 112 Å². The van der Waals surface area contributed by atoms with E-state index in [9.17, 15) is 19.2 Å². The average Bonchev–Trinajstić information content (AvgIpc) is 3.47. The van der Waals surface area contributed by atoms with Crippen molar-refractivity contribution >= 4 is 92.9 Å². The summed E-state index contributed by atoms with van der Waals surface area (Å²) in [6.45, 7) is 18.5. The minimum Gasteiger partial charge on any atom is -0.484 e. The first-order valence-corrected chi connectivity index (χ1v) is 27.2. The van der Waals surface area contributed by atoms with Crippen LogP contribution in [0.5, 0.6) is 0 Å². The number of halogens is 1. The normalized spacial score (nSPS) is 16.4. The predicted molar refractivity (Wildman–Crippen MR) is 313 cm³/mol. The smallest absolute Gasteiger partial charge is 0.242 e. The minimum absolute atomic E-state index is 0.0729. The van der Waals surface area contributed by atoms with Gasteiger partial charge in [0.05, 0.1) is 34.4 Å². The van der Waals surface area contributed by atoms with Crippen LogP contribution in [0.1, 0.15) is 120 Å². The number of ether oxygens (including phenoxy) is 1. The van der Waals surface area contributed by atoms with Crippen molar-refractivity contribution in [2.24, 2.45) is 0 Å². The van der Waals surface area contributed by atoms with E-state index < -0.39 is 6.04 Å². The lowest BCUT2D eigenvalue weighted by atomic mass is 9.85. The molecule has 4 N–H and O–H groups in total. The van der Waals surface area contributed by atoms with E-state index >= 15 is 0 Å². The summed E-state index contributed by atoms with van der Waals surface area (Å²) in [4.78, 5) is 67.0. The number of hydrogen-bond donors (Lipinski definition) is 4. The summed E-state index contributed by atoms with van der Waals surface area (Å²) in [5.41, 5.74) is 7.99. The Morgan fingerprint density at radius 2 is 1.68 bits per heavy atom. The number of aldehydes is 3. The lowest BCUT2D eigenvalue weighted by molar-refractivity contribution is -0.122. The molecule has 7 rings (SSSR count). The fraction of sp³-hybridized carbons (Fsp3) is 0.441. The molecular formula is C59H79ClN8O7S. The first-order chi connectivity index (χ1) is 36.7. The topological polar surface area (TPSA) is 190 Å². The number of hydrogen-bond acceptors (Lipinski definition) is 15. The number of aliphatic hydroxyl groups is 2. The third kappa shape index (κ3) is 15.9. The average molecular weight is 1080 g/mol. The molecule has 2 aliphatic heterocycles. The molecule has 4 heterocycles. The quantitative estimate of drug-likeness (QED) is 0.0144. The number of aliphatic hydroxyl groups excluding tert-OH is 2. The molecule has 0 saturated carbocycles. The molecule has 2 aliphatic rings. The summed E-state index contributed by atoms with van der Waals surface area (Å²) < 4.78 is 7.98. The van der Waals surface area contributed by atoms with Gasteiger partial charge in [0.1, 0.15) is 36.0 Å². The summed E-state index contributed by atoms with van der Waals surface area (Å²) in [6.07, 6.45) is 14.0. The van der Waals surface area contributed by atoms with Gasteiger partial charge >= 0.3 is 0 Å². The van der Waals surface area contributed by atoms with Gasteiger partial charge in [0.15, 0.2) is 12.6 Å². The van der Waals surface area contributed by atoms with Crippen LogP contribution in [-0.2, 0) is 24.9 Å². The number of benzene rings is 3. The molecule has 2 fully saturated rings. The predicted octanol–water partition coefficient (Wildman–Crippen LogP) is 10.7. The Hall–Kier alpha value is -6.17. The van der Waals surface area contributed by atoms with Gasteiger partial charge in [0, 0.05) is 93.5 Å². The number of piperidine rings is 2. The maximum atomic E-state index is 13.0. The van der Waals surface area contributed by atoms with Gasteiger partial charge in [0.25, 0.3) is 0 Å². The number of likely N-dealkylation sites (N-methyl/N-ethyl adjacent to an activating group) is 2. The molecule has 2 atom stereocenters. The van der Waals surface area contributed by atoms with Gasteiger partial charge in [-0.1, -0.05) is 86.3 Å². The van der Waals surface area contributed by atoms with Crippen molar-refractivity contribution in [2.45, 2.75) is 116 Å². The number of carbonyl (C=O) groups excluding carboxylic acids is 4. The standard InChI is InChI=1S/C54H63ClN8O5S.C3H8.2CH4O/c1-8-9-16-48(53(67)56-6)61(7)47-18-17-43(44-15-11-13-39(33-66)50(44)47)37-19-22-62(23-20-37)49-28-45-46(31-58-49)57-30-42(60-45)34-69-63-24-21-41(29-54(63,4)5)59-40-14-10-12-38(27-40)36(3)51(55)52(35(2)32-65)68-26-25-64;1-3-2;2*1-2/h8,10-15,17-18,25,27-28,30-33,37,41,48,59H,1,9,16,19-24,26,29,34H2,2-7H3,(H,56,67);3H2,1-2H3;2*2H,1H3/b51-36-,52-35-;;;. The number of rotatable bonds is 20. The van der Waals surface area contributed by atoms with Crippen molar-refractivity contribution < 1.29 is 34.1 Å². The molecule has 0 bridgehead atoms. The fourth-order valence-electron chi connectivity index (χ4n) is 9.69. The largest absolute Gasteiger partial charge is 0.484 e. The summed E-state index contributed by atoms with van der Waals surface area (Å²) >= 11 is 8.51. The first kappa shape index (κ1) is 62.4. The van der Waals surface area contributed by atoms with E-state index in [-0.39, 0.29) is 35.8 Å². The molecule has 1 amide bonds. The highest BCUT2D eigenvalue weighted by Gasteiger charge is 2.36. The van der Waals surface area contributed by atoms with Crippen molar-refractivity contribution in [1.82, 2.24) is 24.6 Å². The van der Waals surface area contributed by atoms with Crippen LogP contribution >= 0.6 is 23.5 Å². The van der Waals surface area contributed by atoms with Gasteiger partial charge in [-0.3, -0.25) is 24.2 Å². The van der Waals surface area contributed by atoms with E-state index in [1.165, 1.54) is 12.0 Å². The second-order valence-corrected chi connectivity index (χ2v) is 20.5. The Kier molecular flexibility index (Phi) is 25.6. The lowest BCUT2D eigenvalue weighted by Gasteiger charge is -2.45. The zero-order valence-electron chi connectivity index (χ0n) is 46.1. The first-order valence-electron chi connectivity index (χ1n) is 25.9. The van der Waals surface area contributed by atoms with Crippen LogP contribution in [0.25, 0.3) is 27.4 Å². The third-order valence-electron chi connectivity index (χ3n) is 13.5. The van der Waals surface area contributed by atoms with E-state index in [0.29, 0.717) is 47.3 Å². The van der Waals surface area contributed by atoms with Crippen LogP contribution in [0.2, 0.25) is 0 Å². The van der Waals surface area contributed by atoms with Gasteiger partial charge in [0.2, 0.25) is 5.91 Å². The molecule has 2 aromatic heterocycles. The number of nitrogens with one attached hydrogen (secondary N) is 2. The number of fused-ring (bicyclic) bond motifs is 2. The second kappa shape index (κ2) is 31.1. The number of amides is 1. The van der Waals surface area contributed by atoms with Gasteiger partial charge in [-0.15, -0.1) is 6.58 Å². The number of allylic oxidation sites excluding steroid dienone is 4. The highest BCUT2D eigenvalue weighted by atomic mass is 35.5. The van der Waals surface area contributed by atoms with Crippen molar-refractivity contribution in [2.75, 3.05) is 69.7 Å². The minimum atomic E-state index is -0.409. The van der Waals surface area contributed by atoms with E-state index in [2.05, 4.69) is 78.4 Å². The molecule has 76 heavy (non-hydrogen) atoms. The Bertz CT molecular complexity index is 2800. The fourth-order valence-corrected chi connectivity index (χ4v) is 11.1. The summed E-state index contributed by atoms with van der Waals surface area (Å²) in [6, 6.07) is 20.1. The van der Waals surface area contributed by atoms with E-state index in [4.69, 9.17) is 41.5 Å². The molecule has 2 unspecified atom stereocenters. The van der Waals surface area contributed by atoms with E-state index in [1.807, 2.05) is 73.7 Å². The van der Waals surface area contributed by atoms with Crippen LogP contribution in [0.15, 0.2) is 102 Å². The van der Waals surface area contributed by atoms with Crippen LogP contribution in [0, 0.1) is 0 Å². The number of aromatic nitrogens is 3. The lowest BCUT2D eigenvalue weighted by Crippen LogP contribution is -2.49. The number of pyridine rings is 1. The number of anilines is 3. The maximum Gasteiger partial charge on any atom is 0.242 e. The van der Waals surface area contributed by atoms with E-state index in [1.54, 1.807) is 25.9 Å². The zero-order chi connectivity index (χ0) is 56.0. The second-order valence-electron chi connectivity index (χ2n) is 19.2. The van der Waals surface area contributed by atoms with Crippen molar-refractivity contribution in [3.8, 4) is 0 Å². The summed E-state index contributed by atoms with van der Waals surface area (Å²) in [7, 11) is 5.58. The van der Waals surface area contributed by atoms with Crippen LogP contribution in [0.4, 0.5) is 17.2 Å². The van der Waals surface area contributed by atoms with Gasteiger partial charge in [-0.2, -0.15) is 0 Å². The molecule has 17 heteroatoms. The third-order valence-corrected chi connectivity index (χ3v) is 15.3. The molecular weight excluding hydrogens is 1000 g/mol. The maximum absolute atomic E-state index is 13.0. The number of carbonyl (C=O) groups is 4. The molecule has 410 valence electrons. The molecule has 15 nitrogen and oxygen atoms in total. The summed E-state index contributed by atoms with van der Waals surface area (Å²) in [5, 5.41) is 22.8. The van der Waals surface area contributed by atoms with Crippen LogP contribution in [-0.4, -0.2) is 126 Å². The van der Waals surface area contributed by atoms with Gasteiger partial charge < -0.3 is 35.4 Å².